The van der Waals surface area contributed by atoms with Crippen LogP contribution < -0.4 is 10.5 Å². The minimum Gasteiger partial charge on any atom is -0.477 e. The lowest BCUT2D eigenvalue weighted by molar-refractivity contribution is 0.302. The molecule has 0 radical (unpaired) electrons. The van der Waals surface area contributed by atoms with Gasteiger partial charge in [0.2, 0.25) is 11.8 Å². The Labute approximate surface area is 78.1 Å². The minimum absolute atomic E-state index is 0.272. The summed E-state index contributed by atoms with van der Waals surface area (Å²) in [6, 6.07) is 0. The van der Waals surface area contributed by atoms with E-state index in [0.717, 1.165) is 17.7 Å². The van der Waals surface area contributed by atoms with Gasteiger partial charge in [-0.1, -0.05) is 6.92 Å². The molecular formula is C9H15N3O. The second-order valence-electron chi connectivity index (χ2n) is 2.95. The second-order valence-corrected chi connectivity index (χ2v) is 2.95. The standard InChI is InChI=1S/C9H15N3O/c1-4-5-13-8-6(2)7(3)11-9(10)12-8/h4-5H2,1-3H3,(H2,10,11,12). The van der Waals surface area contributed by atoms with Gasteiger partial charge >= 0.3 is 0 Å². The van der Waals surface area contributed by atoms with Crippen LogP contribution in [-0.4, -0.2) is 16.6 Å². The molecule has 13 heavy (non-hydrogen) atoms. The van der Waals surface area contributed by atoms with Crippen LogP contribution in [0.15, 0.2) is 0 Å². The highest BCUT2D eigenvalue weighted by atomic mass is 16.5. The normalized spacial score (nSPS) is 10.1. The van der Waals surface area contributed by atoms with Gasteiger partial charge in [-0.25, -0.2) is 4.98 Å². The summed E-state index contributed by atoms with van der Waals surface area (Å²) in [5, 5.41) is 0. The lowest BCUT2D eigenvalue weighted by Gasteiger charge is -2.08. The molecule has 0 atom stereocenters. The van der Waals surface area contributed by atoms with E-state index in [-0.39, 0.29) is 5.95 Å². The van der Waals surface area contributed by atoms with Crippen molar-refractivity contribution in [2.75, 3.05) is 12.3 Å². The van der Waals surface area contributed by atoms with E-state index in [1.165, 1.54) is 0 Å². The molecule has 0 unspecified atom stereocenters. The van der Waals surface area contributed by atoms with E-state index >= 15 is 0 Å². The van der Waals surface area contributed by atoms with Crippen molar-refractivity contribution in [3.63, 3.8) is 0 Å². The molecule has 2 N–H and O–H groups in total. The van der Waals surface area contributed by atoms with Gasteiger partial charge in [0.1, 0.15) is 0 Å². The van der Waals surface area contributed by atoms with Gasteiger partial charge in [-0.2, -0.15) is 4.98 Å². The predicted molar refractivity (Wildman–Crippen MR) is 51.7 cm³/mol. The van der Waals surface area contributed by atoms with Crippen molar-refractivity contribution in [1.82, 2.24) is 9.97 Å². The number of ether oxygens (including phenoxy) is 1. The first-order valence-electron chi connectivity index (χ1n) is 4.38. The Kier molecular flexibility index (Phi) is 3.06. The third kappa shape index (κ3) is 2.31. The van der Waals surface area contributed by atoms with Crippen molar-refractivity contribution in [2.45, 2.75) is 27.2 Å². The number of hydrogen-bond donors (Lipinski definition) is 1. The molecule has 0 amide bonds. The quantitative estimate of drug-likeness (QED) is 0.767. The van der Waals surface area contributed by atoms with Crippen LogP contribution in [-0.2, 0) is 0 Å². The average Bonchev–Trinajstić information content (AvgIpc) is 2.09. The third-order valence-electron chi connectivity index (χ3n) is 1.80. The fraction of sp³-hybridized carbons (Fsp3) is 0.556. The van der Waals surface area contributed by atoms with Crippen LogP contribution in [0.4, 0.5) is 5.95 Å². The van der Waals surface area contributed by atoms with E-state index in [0.29, 0.717) is 12.5 Å². The summed E-state index contributed by atoms with van der Waals surface area (Å²) in [4.78, 5) is 8.04. The molecule has 1 aromatic rings. The van der Waals surface area contributed by atoms with Gasteiger partial charge < -0.3 is 10.5 Å². The molecule has 0 bridgehead atoms. The summed E-state index contributed by atoms with van der Waals surface area (Å²) in [6.07, 6.45) is 0.961. The lowest BCUT2D eigenvalue weighted by Crippen LogP contribution is -2.05. The maximum absolute atomic E-state index is 5.50. The summed E-state index contributed by atoms with van der Waals surface area (Å²) in [7, 11) is 0. The molecule has 0 aliphatic heterocycles. The third-order valence-corrected chi connectivity index (χ3v) is 1.80. The summed E-state index contributed by atoms with van der Waals surface area (Å²) in [6.45, 7) is 6.54. The van der Waals surface area contributed by atoms with Crippen molar-refractivity contribution < 1.29 is 4.74 Å². The first-order chi connectivity index (χ1) is 6.15. The number of aromatic nitrogens is 2. The highest BCUT2D eigenvalue weighted by Gasteiger charge is 2.06. The Morgan fingerprint density at radius 3 is 2.62 bits per heavy atom. The smallest absolute Gasteiger partial charge is 0.223 e. The highest BCUT2D eigenvalue weighted by Crippen LogP contribution is 2.17. The van der Waals surface area contributed by atoms with Crippen LogP contribution in [0.1, 0.15) is 24.6 Å². The maximum atomic E-state index is 5.50. The fourth-order valence-electron chi connectivity index (χ4n) is 0.963. The Morgan fingerprint density at radius 1 is 1.31 bits per heavy atom. The molecule has 0 saturated heterocycles. The zero-order chi connectivity index (χ0) is 9.84. The number of nitrogens with two attached hydrogens (primary N) is 1. The van der Waals surface area contributed by atoms with Gasteiger partial charge in [0, 0.05) is 11.3 Å². The molecule has 0 aliphatic carbocycles. The van der Waals surface area contributed by atoms with Gasteiger partial charge in [0.05, 0.1) is 6.61 Å². The van der Waals surface area contributed by atoms with Gasteiger partial charge in [-0.3, -0.25) is 0 Å². The summed E-state index contributed by atoms with van der Waals surface area (Å²) < 4.78 is 5.42. The van der Waals surface area contributed by atoms with E-state index in [4.69, 9.17) is 10.5 Å². The zero-order valence-electron chi connectivity index (χ0n) is 8.29. The molecular weight excluding hydrogens is 166 g/mol. The van der Waals surface area contributed by atoms with E-state index in [2.05, 4.69) is 9.97 Å². The van der Waals surface area contributed by atoms with E-state index < -0.39 is 0 Å². The Bertz CT molecular complexity index is 299. The molecule has 0 aliphatic rings. The van der Waals surface area contributed by atoms with Gasteiger partial charge in [-0.15, -0.1) is 0 Å². The van der Waals surface area contributed by atoms with Crippen LogP contribution in [0.5, 0.6) is 5.88 Å². The second kappa shape index (κ2) is 4.07. The van der Waals surface area contributed by atoms with Crippen LogP contribution >= 0.6 is 0 Å². The van der Waals surface area contributed by atoms with Crippen molar-refractivity contribution in [2.24, 2.45) is 0 Å². The first-order valence-corrected chi connectivity index (χ1v) is 4.38. The number of hydrogen-bond acceptors (Lipinski definition) is 4. The van der Waals surface area contributed by atoms with Gasteiger partial charge in [0.25, 0.3) is 0 Å². The number of nitrogen functional groups attached to an aromatic ring is 1. The van der Waals surface area contributed by atoms with E-state index in [1.54, 1.807) is 0 Å². The van der Waals surface area contributed by atoms with Crippen LogP contribution in [0.25, 0.3) is 0 Å². The SMILES string of the molecule is CCCOc1nc(N)nc(C)c1C. The average molecular weight is 181 g/mol. The van der Waals surface area contributed by atoms with Crippen LogP contribution in [0, 0.1) is 13.8 Å². The first kappa shape index (κ1) is 9.77. The van der Waals surface area contributed by atoms with Crippen molar-refractivity contribution >= 4 is 5.95 Å². The summed E-state index contributed by atoms with van der Waals surface area (Å²) >= 11 is 0. The number of aryl methyl sites for hydroxylation is 1. The fourth-order valence-corrected chi connectivity index (χ4v) is 0.963. The highest BCUT2D eigenvalue weighted by molar-refractivity contribution is 5.34. The molecule has 1 aromatic heterocycles. The van der Waals surface area contributed by atoms with Crippen molar-refractivity contribution in [3.05, 3.63) is 11.3 Å². The minimum atomic E-state index is 0.272. The van der Waals surface area contributed by atoms with Crippen LogP contribution in [0.3, 0.4) is 0 Å². The van der Waals surface area contributed by atoms with E-state index in [9.17, 15) is 0 Å². The molecule has 1 heterocycles. The Hall–Kier alpha value is -1.32. The van der Waals surface area contributed by atoms with Crippen molar-refractivity contribution in [3.8, 4) is 5.88 Å². The maximum Gasteiger partial charge on any atom is 0.223 e. The van der Waals surface area contributed by atoms with Crippen LogP contribution in [0.2, 0.25) is 0 Å². The molecule has 72 valence electrons. The summed E-state index contributed by atoms with van der Waals surface area (Å²) in [5.74, 6) is 0.876. The molecule has 4 nitrogen and oxygen atoms in total. The monoisotopic (exact) mass is 181 g/mol. The van der Waals surface area contributed by atoms with E-state index in [1.807, 2.05) is 20.8 Å². The zero-order valence-corrected chi connectivity index (χ0v) is 8.29. The molecule has 0 fully saturated rings. The number of anilines is 1. The molecule has 0 spiro atoms. The molecule has 0 saturated carbocycles. The summed E-state index contributed by atoms with van der Waals surface area (Å²) in [5.41, 5.74) is 7.33. The topological polar surface area (TPSA) is 61.0 Å². The van der Waals surface area contributed by atoms with Crippen molar-refractivity contribution in [1.29, 1.82) is 0 Å². The largest absolute Gasteiger partial charge is 0.477 e. The Balaban J connectivity index is 2.92. The molecule has 0 aromatic carbocycles. The predicted octanol–water partition coefficient (Wildman–Crippen LogP) is 1.46. The Morgan fingerprint density at radius 2 is 2.00 bits per heavy atom. The van der Waals surface area contributed by atoms with Gasteiger partial charge in [0.15, 0.2) is 0 Å². The number of rotatable bonds is 3. The molecule has 1 rings (SSSR count). The number of nitrogens with zero attached hydrogens (tertiary/aromatic N) is 2. The van der Waals surface area contributed by atoms with Gasteiger partial charge in [-0.05, 0) is 20.3 Å². The molecule has 4 heteroatoms. The lowest BCUT2D eigenvalue weighted by atomic mass is 10.2.